The summed E-state index contributed by atoms with van der Waals surface area (Å²) in [7, 11) is 0. The summed E-state index contributed by atoms with van der Waals surface area (Å²) in [6, 6.07) is -0.0999. The van der Waals surface area contributed by atoms with Crippen LogP contribution in [0.2, 0.25) is 0 Å². The zero-order valence-corrected chi connectivity index (χ0v) is 8.32. The lowest BCUT2D eigenvalue weighted by molar-refractivity contribution is -0.167. The van der Waals surface area contributed by atoms with Gasteiger partial charge in [0.15, 0.2) is 0 Å². The first-order valence-corrected chi connectivity index (χ1v) is 4.86. The van der Waals surface area contributed by atoms with Gasteiger partial charge in [-0.05, 0) is 32.6 Å². The number of alkyl halides is 3. The second-order valence-electron chi connectivity index (χ2n) is 3.99. The quantitative estimate of drug-likeness (QED) is 0.683. The van der Waals surface area contributed by atoms with Crippen LogP contribution in [0.25, 0.3) is 0 Å². The molecule has 1 unspecified atom stereocenters. The molecular formula is C10H16F3N. The molecule has 1 nitrogen and oxygen atoms in total. The highest BCUT2D eigenvalue weighted by Crippen LogP contribution is 2.49. The molecule has 1 saturated carbocycles. The minimum absolute atomic E-state index is 0.0999. The zero-order chi connectivity index (χ0) is 10.8. The van der Waals surface area contributed by atoms with Gasteiger partial charge in [-0.2, -0.15) is 13.2 Å². The highest BCUT2D eigenvalue weighted by molar-refractivity contribution is 5.08. The molecule has 1 aliphatic rings. The first-order chi connectivity index (χ1) is 6.41. The zero-order valence-electron chi connectivity index (χ0n) is 8.32. The van der Waals surface area contributed by atoms with Crippen LogP contribution in [0.1, 0.15) is 32.6 Å². The van der Waals surface area contributed by atoms with Crippen molar-refractivity contribution in [2.24, 2.45) is 0 Å². The van der Waals surface area contributed by atoms with Gasteiger partial charge in [-0.15, -0.1) is 6.58 Å². The molecule has 1 aliphatic carbocycles. The van der Waals surface area contributed by atoms with E-state index in [1.807, 2.05) is 0 Å². The Morgan fingerprint density at radius 1 is 1.50 bits per heavy atom. The van der Waals surface area contributed by atoms with Crippen LogP contribution in [0.5, 0.6) is 0 Å². The van der Waals surface area contributed by atoms with Gasteiger partial charge in [0.25, 0.3) is 0 Å². The van der Waals surface area contributed by atoms with Gasteiger partial charge >= 0.3 is 6.18 Å². The second kappa shape index (κ2) is 3.93. The lowest BCUT2D eigenvalue weighted by Crippen LogP contribution is -2.48. The van der Waals surface area contributed by atoms with Gasteiger partial charge in [0, 0.05) is 6.04 Å². The fraction of sp³-hybridized carbons (Fsp3) is 0.800. The highest BCUT2D eigenvalue weighted by Gasteiger charge is 2.63. The summed E-state index contributed by atoms with van der Waals surface area (Å²) in [6.07, 6.45) is -0.478. The molecule has 0 aromatic heterocycles. The normalized spacial score (nSPS) is 21.7. The summed E-state index contributed by atoms with van der Waals surface area (Å²) in [4.78, 5) is 0. The van der Waals surface area contributed by atoms with Crippen LogP contribution in [-0.4, -0.2) is 17.8 Å². The number of hydrogen-bond acceptors (Lipinski definition) is 1. The number of nitrogens with one attached hydrogen (secondary N) is 1. The van der Waals surface area contributed by atoms with E-state index in [0.29, 0.717) is 6.42 Å². The van der Waals surface area contributed by atoms with Crippen molar-refractivity contribution in [3.05, 3.63) is 12.7 Å². The maximum absolute atomic E-state index is 12.5. The smallest absolute Gasteiger partial charge is 0.301 e. The van der Waals surface area contributed by atoms with Crippen molar-refractivity contribution in [2.75, 3.05) is 0 Å². The van der Waals surface area contributed by atoms with E-state index in [2.05, 4.69) is 11.9 Å². The molecule has 1 fully saturated rings. The van der Waals surface area contributed by atoms with Gasteiger partial charge in [-0.1, -0.05) is 6.08 Å². The Hall–Kier alpha value is -0.510. The molecule has 0 aliphatic heterocycles. The molecule has 0 heterocycles. The molecule has 4 heteroatoms. The molecule has 14 heavy (non-hydrogen) atoms. The van der Waals surface area contributed by atoms with Crippen molar-refractivity contribution < 1.29 is 13.2 Å². The van der Waals surface area contributed by atoms with Gasteiger partial charge in [0.2, 0.25) is 0 Å². The third kappa shape index (κ3) is 2.50. The van der Waals surface area contributed by atoms with Crippen LogP contribution >= 0.6 is 0 Å². The van der Waals surface area contributed by atoms with Crippen molar-refractivity contribution in [3.63, 3.8) is 0 Å². The monoisotopic (exact) mass is 207 g/mol. The molecule has 0 aromatic rings. The summed E-state index contributed by atoms with van der Waals surface area (Å²) in [5.74, 6) is 0. The topological polar surface area (TPSA) is 12.0 Å². The minimum atomic E-state index is -4.10. The third-order valence-corrected chi connectivity index (χ3v) is 2.62. The molecule has 0 amide bonds. The molecule has 0 radical (unpaired) electrons. The molecule has 0 saturated heterocycles. The molecule has 82 valence electrons. The van der Waals surface area contributed by atoms with Gasteiger partial charge in [-0.25, -0.2) is 0 Å². The first kappa shape index (κ1) is 11.6. The summed E-state index contributed by atoms with van der Waals surface area (Å²) >= 11 is 0. The van der Waals surface area contributed by atoms with Crippen LogP contribution in [0.3, 0.4) is 0 Å². The summed E-state index contributed by atoms with van der Waals surface area (Å²) in [5.41, 5.74) is -1.58. The van der Waals surface area contributed by atoms with Crippen LogP contribution in [-0.2, 0) is 0 Å². The van der Waals surface area contributed by atoms with Gasteiger partial charge in [0.05, 0.1) is 0 Å². The standard InChI is InChI=1S/C10H16F3N/c1-3-4-5-8(2)14-9(6-7-9)10(11,12)13/h3,8,14H,1,4-7H2,2H3. The molecule has 1 atom stereocenters. The van der Waals surface area contributed by atoms with E-state index in [1.54, 1.807) is 13.0 Å². The summed E-state index contributed by atoms with van der Waals surface area (Å²) in [6.45, 7) is 5.33. The largest absolute Gasteiger partial charge is 0.406 e. The maximum atomic E-state index is 12.5. The van der Waals surface area contributed by atoms with Crippen molar-refractivity contribution in [3.8, 4) is 0 Å². The molecule has 0 spiro atoms. The lowest BCUT2D eigenvalue weighted by atomic mass is 10.1. The Bertz CT molecular complexity index is 206. The predicted octanol–water partition coefficient (Wildman–Crippen LogP) is 3.03. The summed E-state index contributed by atoms with van der Waals surface area (Å²) < 4.78 is 37.5. The van der Waals surface area contributed by atoms with Crippen molar-refractivity contribution >= 4 is 0 Å². The van der Waals surface area contributed by atoms with Crippen LogP contribution in [0.15, 0.2) is 12.7 Å². The minimum Gasteiger partial charge on any atom is -0.301 e. The predicted molar refractivity (Wildman–Crippen MR) is 50.0 cm³/mol. The lowest BCUT2D eigenvalue weighted by Gasteiger charge is -2.24. The summed E-state index contributed by atoms with van der Waals surface area (Å²) in [5, 5.41) is 2.67. The van der Waals surface area contributed by atoms with E-state index in [1.165, 1.54) is 0 Å². The van der Waals surface area contributed by atoms with Crippen molar-refractivity contribution in [1.82, 2.24) is 5.32 Å². The second-order valence-corrected chi connectivity index (χ2v) is 3.99. The Labute approximate surface area is 82.4 Å². The van der Waals surface area contributed by atoms with E-state index in [-0.39, 0.29) is 18.9 Å². The van der Waals surface area contributed by atoms with Crippen LogP contribution in [0.4, 0.5) is 13.2 Å². The van der Waals surface area contributed by atoms with E-state index >= 15 is 0 Å². The molecule has 1 rings (SSSR count). The third-order valence-electron chi connectivity index (χ3n) is 2.62. The number of hydrogen-bond donors (Lipinski definition) is 1. The average Bonchev–Trinajstić information content (AvgIpc) is 2.80. The van der Waals surface area contributed by atoms with Crippen LogP contribution < -0.4 is 5.32 Å². The Morgan fingerprint density at radius 2 is 2.07 bits per heavy atom. The van der Waals surface area contributed by atoms with E-state index < -0.39 is 11.7 Å². The van der Waals surface area contributed by atoms with E-state index in [4.69, 9.17) is 0 Å². The van der Waals surface area contributed by atoms with Crippen LogP contribution in [0, 0.1) is 0 Å². The molecule has 0 aromatic carbocycles. The SMILES string of the molecule is C=CCCC(C)NC1(C(F)(F)F)CC1. The fourth-order valence-electron chi connectivity index (χ4n) is 1.55. The maximum Gasteiger partial charge on any atom is 0.406 e. The fourth-order valence-corrected chi connectivity index (χ4v) is 1.55. The number of allylic oxidation sites excluding steroid dienone is 1. The van der Waals surface area contributed by atoms with Gasteiger partial charge < -0.3 is 5.32 Å². The van der Waals surface area contributed by atoms with E-state index in [0.717, 1.165) is 6.42 Å². The number of halogens is 3. The van der Waals surface area contributed by atoms with Crippen molar-refractivity contribution in [1.29, 1.82) is 0 Å². The average molecular weight is 207 g/mol. The Balaban J connectivity index is 2.40. The van der Waals surface area contributed by atoms with Gasteiger partial charge in [-0.3, -0.25) is 0 Å². The van der Waals surface area contributed by atoms with E-state index in [9.17, 15) is 13.2 Å². The molecule has 0 bridgehead atoms. The Kier molecular flexibility index (Phi) is 3.24. The molecule has 1 N–H and O–H groups in total. The molecular weight excluding hydrogens is 191 g/mol. The Morgan fingerprint density at radius 3 is 2.43 bits per heavy atom. The van der Waals surface area contributed by atoms with Crippen molar-refractivity contribution in [2.45, 2.75) is 50.4 Å². The number of rotatable bonds is 5. The van der Waals surface area contributed by atoms with Gasteiger partial charge in [0.1, 0.15) is 5.54 Å². The highest BCUT2D eigenvalue weighted by atomic mass is 19.4. The first-order valence-electron chi connectivity index (χ1n) is 4.86.